The quantitative estimate of drug-likeness (QED) is 0.372. The lowest BCUT2D eigenvalue weighted by molar-refractivity contribution is -0.384. The highest BCUT2D eigenvalue weighted by Crippen LogP contribution is 2.25. The standard InChI is InChI=1S/C22H21N3O5/c1-4-18-13(2)20(17-10-5-6-11-19(17)24-18)22(27)30-14(3)21(26)23-15-8-7-9-16(12-15)25(28)29/h5-12,14H,4H2,1-3H3,(H,23,26)/t14-/m1/s1. The van der Waals surface area contributed by atoms with Crippen LogP contribution in [0.5, 0.6) is 0 Å². The number of anilines is 1. The van der Waals surface area contributed by atoms with E-state index in [1.165, 1.54) is 31.2 Å². The maximum absolute atomic E-state index is 12.9. The molecule has 3 aromatic rings. The lowest BCUT2D eigenvalue weighted by Crippen LogP contribution is -2.30. The van der Waals surface area contributed by atoms with Gasteiger partial charge in [-0.25, -0.2) is 4.79 Å². The minimum atomic E-state index is -1.10. The Kier molecular flexibility index (Phi) is 6.06. The van der Waals surface area contributed by atoms with Crippen LogP contribution >= 0.6 is 0 Å². The molecule has 0 saturated heterocycles. The molecule has 1 atom stereocenters. The Morgan fingerprint density at radius 3 is 2.63 bits per heavy atom. The summed E-state index contributed by atoms with van der Waals surface area (Å²) < 4.78 is 5.42. The van der Waals surface area contributed by atoms with Gasteiger partial charge in [-0.3, -0.25) is 19.9 Å². The molecule has 0 fully saturated rings. The molecule has 0 aliphatic carbocycles. The average Bonchev–Trinajstić information content (AvgIpc) is 2.73. The van der Waals surface area contributed by atoms with Gasteiger partial charge in [-0.15, -0.1) is 0 Å². The molecule has 8 nitrogen and oxygen atoms in total. The molecule has 154 valence electrons. The zero-order chi connectivity index (χ0) is 21.8. The molecule has 8 heteroatoms. The van der Waals surface area contributed by atoms with Crippen LogP contribution < -0.4 is 5.32 Å². The number of hydrogen-bond donors (Lipinski definition) is 1. The first-order valence-corrected chi connectivity index (χ1v) is 9.46. The summed E-state index contributed by atoms with van der Waals surface area (Å²) in [4.78, 5) is 40.3. The molecule has 0 aliphatic heterocycles. The number of carbonyl (C=O) groups excluding carboxylic acids is 2. The van der Waals surface area contributed by atoms with E-state index in [1.54, 1.807) is 6.07 Å². The molecule has 2 aromatic carbocycles. The van der Waals surface area contributed by atoms with Gasteiger partial charge in [0.25, 0.3) is 11.6 Å². The molecule has 30 heavy (non-hydrogen) atoms. The van der Waals surface area contributed by atoms with Crippen LogP contribution in [0, 0.1) is 17.0 Å². The fraction of sp³-hybridized carbons (Fsp3) is 0.227. The van der Waals surface area contributed by atoms with E-state index >= 15 is 0 Å². The van der Waals surface area contributed by atoms with Gasteiger partial charge in [-0.1, -0.05) is 31.2 Å². The van der Waals surface area contributed by atoms with Crippen LogP contribution in [0.2, 0.25) is 0 Å². The Balaban J connectivity index is 1.82. The summed E-state index contributed by atoms with van der Waals surface area (Å²) in [6.07, 6.45) is -0.451. The number of carbonyl (C=O) groups is 2. The number of nitrogens with one attached hydrogen (secondary N) is 1. The van der Waals surface area contributed by atoms with Crippen molar-refractivity contribution in [1.29, 1.82) is 0 Å². The van der Waals surface area contributed by atoms with Crippen LogP contribution in [0.15, 0.2) is 48.5 Å². The number of nitro benzene ring substituents is 1. The van der Waals surface area contributed by atoms with Gasteiger partial charge >= 0.3 is 5.97 Å². The zero-order valence-electron chi connectivity index (χ0n) is 16.8. The monoisotopic (exact) mass is 407 g/mol. The summed E-state index contributed by atoms with van der Waals surface area (Å²) in [5.74, 6) is -1.21. The Labute approximate surface area is 173 Å². The van der Waals surface area contributed by atoms with Gasteiger partial charge in [-0.05, 0) is 38.0 Å². The van der Waals surface area contributed by atoms with Crippen LogP contribution in [-0.2, 0) is 16.0 Å². The molecule has 0 unspecified atom stereocenters. The maximum Gasteiger partial charge on any atom is 0.339 e. The molecular formula is C22H21N3O5. The minimum absolute atomic E-state index is 0.150. The Morgan fingerprint density at radius 1 is 1.20 bits per heavy atom. The second-order valence-corrected chi connectivity index (χ2v) is 6.77. The first kappa shape index (κ1) is 20.9. The van der Waals surface area contributed by atoms with Crippen molar-refractivity contribution >= 4 is 34.2 Å². The van der Waals surface area contributed by atoms with Gasteiger partial charge in [0, 0.05) is 28.9 Å². The number of aryl methyl sites for hydroxylation is 1. The third-order valence-corrected chi connectivity index (χ3v) is 4.75. The average molecular weight is 407 g/mol. The molecule has 0 spiro atoms. The van der Waals surface area contributed by atoms with Crippen molar-refractivity contribution in [2.75, 3.05) is 5.32 Å². The minimum Gasteiger partial charge on any atom is -0.449 e. The van der Waals surface area contributed by atoms with E-state index in [9.17, 15) is 19.7 Å². The van der Waals surface area contributed by atoms with Crippen LogP contribution in [0.25, 0.3) is 10.9 Å². The van der Waals surface area contributed by atoms with Gasteiger partial charge in [0.1, 0.15) is 0 Å². The van der Waals surface area contributed by atoms with Crippen LogP contribution in [0.4, 0.5) is 11.4 Å². The predicted molar refractivity (Wildman–Crippen MR) is 112 cm³/mol. The summed E-state index contributed by atoms with van der Waals surface area (Å²) in [5, 5.41) is 14.1. The topological polar surface area (TPSA) is 111 Å². The molecule has 0 radical (unpaired) electrons. The smallest absolute Gasteiger partial charge is 0.339 e. The molecule has 3 rings (SSSR count). The Morgan fingerprint density at radius 2 is 1.93 bits per heavy atom. The summed E-state index contributed by atoms with van der Waals surface area (Å²) in [7, 11) is 0. The summed E-state index contributed by atoms with van der Waals surface area (Å²) in [6.45, 7) is 5.21. The number of pyridine rings is 1. The number of benzene rings is 2. The number of para-hydroxylation sites is 1. The van der Waals surface area contributed by atoms with E-state index in [0.717, 1.165) is 5.69 Å². The van der Waals surface area contributed by atoms with E-state index < -0.39 is 22.9 Å². The molecule has 0 aliphatic rings. The van der Waals surface area contributed by atoms with Crippen molar-refractivity contribution in [3.05, 3.63) is 75.5 Å². The van der Waals surface area contributed by atoms with Gasteiger partial charge in [-0.2, -0.15) is 0 Å². The summed E-state index contributed by atoms with van der Waals surface area (Å²) in [6, 6.07) is 12.8. The SMILES string of the molecule is CCc1nc2ccccc2c(C(=O)O[C@H](C)C(=O)Nc2cccc([N+](=O)[O-])c2)c1C. The Bertz CT molecular complexity index is 1140. The molecule has 1 heterocycles. The number of amides is 1. The molecule has 1 amide bonds. The van der Waals surface area contributed by atoms with E-state index in [4.69, 9.17) is 4.74 Å². The second kappa shape index (κ2) is 8.69. The Hall–Kier alpha value is -3.81. The largest absolute Gasteiger partial charge is 0.449 e. The zero-order valence-corrected chi connectivity index (χ0v) is 16.8. The number of ether oxygens (including phenoxy) is 1. The van der Waals surface area contributed by atoms with E-state index in [2.05, 4.69) is 10.3 Å². The number of rotatable bonds is 6. The van der Waals surface area contributed by atoms with E-state index in [-0.39, 0.29) is 11.4 Å². The fourth-order valence-corrected chi connectivity index (χ4v) is 3.18. The third kappa shape index (κ3) is 4.27. The summed E-state index contributed by atoms with van der Waals surface area (Å²) >= 11 is 0. The van der Waals surface area contributed by atoms with Crippen LogP contribution in [0.3, 0.4) is 0 Å². The van der Waals surface area contributed by atoms with E-state index in [1.807, 2.05) is 32.0 Å². The number of non-ortho nitro benzene ring substituents is 1. The van der Waals surface area contributed by atoms with Crippen molar-refractivity contribution in [3.8, 4) is 0 Å². The first-order valence-electron chi connectivity index (χ1n) is 9.46. The normalized spacial score (nSPS) is 11.7. The van der Waals surface area contributed by atoms with Gasteiger partial charge < -0.3 is 10.1 Å². The highest BCUT2D eigenvalue weighted by molar-refractivity contribution is 6.06. The highest BCUT2D eigenvalue weighted by atomic mass is 16.6. The van der Waals surface area contributed by atoms with Gasteiger partial charge in [0.2, 0.25) is 0 Å². The number of hydrogen-bond acceptors (Lipinski definition) is 6. The number of aromatic nitrogens is 1. The van der Waals surface area contributed by atoms with Crippen molar-refractivity contribution in [3.63, 3.8) is 0 Å². The molecule has 0 saturated carbocycles. The van der Waals surface area contributed by atoms with Crippen molar-refractivity contribution < 1.29 is 19.2 Å². The van der Waals surface area contributed by atoms with Gasteiger partial charge in [0.05, 0.1) is 16.0 Å². The number of fused-ring (bicyclic) bond motifs is 1. The van der Waals surface area contributed by atoms with Crippen LogP contribution in [-0.4, -0.2) is 27.9 Å². The second-order valence-electron chi connectivity index (χ2n) is 6.77. The summed E-state index contributed by atoms with van der Waals surface area (Å²) in [5.41, 5.74) is 2.66. The first-order chi connectivity index (χ1) is 14.3. The molecule has 0 bridgehead atoms. The highest BCUT2D eigenvalue weighted by Gasteiger charge is 2.24. The molecule has 1 aromatic heterocycles. The number of esters is 1. The third-order valence-electron chi connectivity index (χ3n) is 4.75. The van der Waals surface area contributed by atoms with E-state index in [0.29, 0.717) is 28.5 Å². The van der Waals surface area contributed by atoms with Crippen LogP contribution in [0.1, 0.15) is 35.5 Å². The predicted octanol–water partition coefficient (Wildman–Crippen LogP) is 4.20. The lowest BCUT2D eigenvalue weighted by atomic mass is 10.0. The van der Waals surface area contributed by atoms with Crippen molar-refractivity contribution in [2.45, 2.75) is 33.3 Å². The van der Waals surface area contributed by atoms with Crippen molar-refractivity contribution in [2.24, 2.45) is 0 Å². The fourth-order valence-electron chi connectivity index (χ4n) is 3.18. The lowest BCUT2D eigenvalue weighted by Gasteiger charge is -2.17. The maximum atomic E-state index is 12.9. The number of nitrogens with zero attached hydrogens (tertiary/aromatic N) is 2. The molecular weight excluding hydrogens is 386 g/mol. The number of nitro groups is 1. The van der Waals surface area contributed by atoms with Gasteiger partial charge in [0.15, 0.2) is 6.10 Å². The van der Waals surface area contributed by atoms with Crippen molar-refractivity contribution in [1.82, 2.24) is 4.98 Å². The molecule has 1 N–H and O–H groups in total.